The zero-order chi connectivity index (χ0) is 11.4. The van der Waals surface area contributed by atoms with Crippen molar-refractivity contribution >= 4 is 0 Å². The van der Waals surface area contributed by atoms with Crippen molar-refractivity contribution in [1.82, 2.24) is 10.2 Å². The molecule has 0 spiro atoms. The van der Waals surface area contributed by atoms with Crippen molar-refractivity contribution < 1.29 is 0 Å². The van der Waals surface area contributed by atoms with Crippen molar-refractivity contribution in [2.24, 2.45) is 5.92 Å². The Morgan fingerprint density at radius 2 is 1.88 bits per heavy atom. The maximum atomic E-state index is 3.75. The number of hydrogen-bond acceptors (Lipinski definition) is 2. The third-order valence-electron chi connectivity index (χ3n) is 4.28. The van der Waals surface area contributed by atoms with E-state index in [-0.39, 0.29) is 0 Å². The fourth-order valence-electron chi connectivity index (χ4n) is 2.85. The van der Waals surface area contributed by atoms with Crippen molar-refractivity contribution in [1.29, 1.82) is 0 Å². The van der Waals surface area contributed by atoms with Crippen molar-refractivity contribution in [3.8, 4) is 0 Å². The Kier molecular flexibility index (Phi) is 4.66. The Bertz CT molecular complexity index is 195. The van der Waals surface area contributed by atoms with Crippen LogP contribution in [0.1, 0.15) is 52.4 Å². The van der Waals surface area contributed by atoms with Crippen LogP contribution in [0.3, 0.4) is 0 Å². The largest absolute Gasteiger partial charge is 0.312 e. The van der Waals surface area contributed by atoms with Gasteiger partial charge in [0, 0.05) is 25.2 Å². The molecule has 16 heavy (non-hydrogen) atoms. The second-order valence-electron chi connectivity index (χ2n) is 5.77. The molecule has 0 heterocycles. The molecule has 0 radical (unpaired) electrons. The minimum atomic E-state index is 0.714. The molecule has 0 bridgehead atoms. The van der Waals surface area contributed by atoms with Crippen molar-refractivity contribution in [3.05, 3.63) is 0 Å². The molecule has 0 amide bonds. The molecule has 2 nitrogen and oxygen atoms in total. The highest BCUT2D eigenvalue weighted by molar-refractivity contribution is 4.81. The molecule has 94 valence electrons. The first-order chi connectivity index (χ1) is 7.79. The van der Waals surface area contributed by atoms with Gasteiger partial charge in [-0.05, 0) is 45.1 Å². The lowest BCUT2D eigenvalue weighted by atomic mass is 10.2. The van der Waals surface area contributed by atoms with Gasteiger partial charge in [-0.15, -0.1) is 0 Å². The lowest BCUT2D eigenvalue weighted by Gasteiger charge is -2.29. The van der Waals surface area contributed by atoms with E-state index in [0.717, 1.165) is 12.0 Å². The van der Waals surface area contributed by atoms with Gasteiger partial charge in [0.25, 0.3) is 0 Å². The summed E-state index contributed by atoms with van der Waals surface area (Å²) in [7, 11) is 0. The van der Waals surface area contributed by atoms with Crippen LogP contribution in [0, 0.1) is 5.92 Å². The molecule has 2 rings (SSSR count). The Morgan fingerprint density at radius 3 is 2.44 bits per heavy atom. The van der Waals surface area contributed by atoms with Gasteiger partial charge in [-0.1, -0.05) is 19.8 Å². The lowest BCUT2D eigenvalue weighted by Crippen LogP contribution is -2.43. The summed E-state index contributed by atoms with van der Waals surface area (Å²) in [6.45, 7) is 8.42. The topological polar surface area (TPSA) is 15.3 Å². The van der Waals surface area contributed by atoms with Crippen LogP contribution in [0.15, 0.2) is 0 Å². The Hall–Kier alpha value is -0.0800. The molecular weight excluding hydrogens is 196 g/mol. The van der Waals surface area contributed by atoms with Gasteiger partial charge in [-0.2, -0.15) is 0 Å². The van der Waals surface area contributed by atoms with E-state index < -0.39 is 0 Å². The maximum Gasteiger partial charge on any atom is 0.0192 e. The summed E-state index contributed by atoms with van der Waals surface area (Å²) in [6, 6.07) is 1.54. The van der Waals surface area contributed by atoms with Crippen LogP contribution in [0.2, 0.25) is 0 Å². The highest BCUT2D eigenvalue weighted by Crippen LogP contribution is 2.30. The van der Waals surface area contributed by atoms with Crippen LogP contribution < -0.4 is 5.32 Å². The molecular formula is C14H28N2. The van der Waals surface area contributed by atoms with Gasteiger partial charge in [-0.3, -0.25) is 4.90 Å². The molecule has 0 aliphatic heterocycles. The molecule has 2 aliphatic carbocycles. The summed E-state index contributed by atoms with van der Waals surface area (Å²) in [4.78, 5) is 2.65. The number of likely N-dealkylation sites (N-methyl/N-ethyl adjacent to an activating group) is 1. The first-order valence-corrected chi connectivity index (χ1v) is 7.27. The van der Waals surface area contributed by atoms with E-state index in [2.05, 4.69) is 24.1 Å². The molecule has 0 saturated heterocycles. The quantitative estimate of drug-likeness (QED) is 0.715. The van der Waals surface area contributed by atoms with Crippen molar-refractivity contribution in [2.45, 2.75) is 64.5 Å². The summed E-state index contributed by atoms with van der Waals surface area (Å²) in [5.41, 5.74) is 0. The minimum absolute atomic E-state index is 0.714. The van der Waals surface area contributed by atoms with Gasteiger partial charge in [-0.25, -0.2) is 0 Å². The van der Waals surface area contributed by atoms with Gasteiger partial charge < -0.3 is 5.32 Å². The molecule has 0 aromatic heterocycles. The van der Waals surface area contributed by atoms with E-state index >= 15 is 0 Å². The molecule has 0 aromatic carbocycles. The molecule has 1 N–H and O–H groups in total. The van der Waals surface area contributed by atoms with E-state index in [4.69, 9.17) is 0 Å². The predicted octanol–water partition coefficient (Wildman–Crippen LogP) is 2.64. The Balaban J connectivity index is 1.65. The van der Waals surface area contributed by atoms with Crippen LogP contribution in [-0.4, -0.2) is 36.6 Å². The van der Waals surface area contributed by atoms with E-state index in [1.807, 2.05) is 0 Å². The van der Waals surface area contributed by atoms with Crippen LogP contribution in [0.4, 0.5) is 0 Å². The molecule has 1 atom stereocenters. The standard InChI is InChI=1S/C14H28N2/c1-3-16(11-13-8-9-13)12(2)10-15-14-6-4-5-7-14/h12-15H,3-11H2,1-2H3. The molecule has 0 aromatic rings. The van der Waals surface area contributed by atoms with E-state index in [9.17, 15) is 0 Å². The summed E-state index contributed by atoms with van der Waals surface area (Å²) >= 11 is 0. The molecule has 2 aliphatic rings. The Labute approximate surface area is 101 Å². The number of hydrogen-bond donors (Lipinski definition) is 1. The van der Waals surface area contributed by atoms with Gasteiger partial charge in [0.2, 0.25) is 0 Å². The SMILES string of the molecule is CCN(CC1CC1)C(C)CNC1CCCC1. The second kappa shape index (κ2) is 6.02. The predicted molar refractivity (Wildman–Crippen MR) is 69.7 cm³/mol. The van der Waals surface area contributed by atoms with Crippen LogP contribution >= 0.6 is 0 Å². The van der Waals surface area contributed by atoms with Gasteiger partial charge in [0.05, 0.1) is 0 Å². The zero-order valence-corrected chi connectivity index (χ0v) is 11.0. The first-order valence-electron chi connectivity index (χ1n) is 7.27. The fourth-order valence-corrected chi connectivity index (χ4v) is 2.85. The fraction of sp³-hybridized carbons (Fsp3) is 1.00. The maximum absolute atomic E-state index is 3.75. The van der Waals surface area contributed by atoms with Gasteiger partial charge in [0.15, 0.2) is 0 Å². The molecule has 2 fully saturated rings. The van der Waals surface area contributed by atoms with E-state index in [0.29, 0.717) is 6.04 Å². The molecule has 2 heteroatoms. The van der Waals surface area contributed by atoms with Gasteiger partial charge >= 0.3 is 0 Å². The average Bonchev–Trinajstić information content (AvgIpc) is 2.96. The summed E-state index contributed by atoms with van der Waals surface area (Å²) < 4.78 is 0. The normalized spacial score (nSPS) is 24.2. The summed E-state index contributed by atoms with van der Waals surface area (Å²) in [6.07, 6.45) is 8.62. The second-order valence-corrected chi connectivity index (χ2v) is 5.77. The number of rotatable bonds is 7. The van der Waals surface area contributed by atoms with Crippen LogP contribution in [0.25, 0.3) is 0 Å². The Morgan fingerprint density at radius 1 is 1.19 bits per heavy atom. The third-order valence-corrected chi connectivity index (χ3v) is 4.28. The van der Waals surface area contributed by atoms with Crippen molar-refractivity contribution in [3.63, 3.8) is 0 Å². The highest BCUT2D eigenvalue weighted by Gasteiger charge is 2.26. The van der Waals surface area contributed by atoms with Crippen LogP contribution in [-0.2, 0) is 0 Å². The lowest BCUT2D eigenvalue weighted by molar-refractivity contribution is 0.202. The van der Waals surface area contributed by atoms with E-state index in [1.165, 1.54) is 58.2 Å². The van der Waals surface area contributed by atoms with Gasteiger partial charge in [0.1, 0.15) is 0 Å². The van der Waals surface area contributed by atoms with Crippen molar-refractivity contribution in [2.75, 3.05) is 19.6 Å². The summed E-state index contributed by atoms with van der Waals surface area (Å²) in [5, 5.41) is 3.75. The van der Waals surface area contributed by atoms with Crippen LogP contribution in [0.5, 0.6) is 0 Å². The number of nitrogens with zero attached hydrogens (tertiary/aromatic N) is 1. The highest BCUT2D eigenvalue weighted by atomic mass is 15.2. The molecule has 2 saturated carbocycles. The third kappa shape index (κ3) is 3.74. The number of nitrogens with one attached hydrogen (secondary N) is 1. The monoisotopic (exact) mass is 224 g/mol. The average molecular weight is 224 g/mol. The van der Waals surface area contributed by atoms with E-state index in [1.54, 1.807) is 0 Å². The smallest absolute Gasteiger partial charge is 0.0192 e. The summed E-state index contributed by atoms with van der Waals surface area (Å²) in [5.74, 6) is 1.02. The molecule has 1 unspecified atom stereocenters. The minimum Gasteiger partial charge on any atom is -0.312 e. The zero-order valence-electron chi connectivity index (χ0n) is 11.0. The first kappa shape index (κ1) is 12.4.